The molecule has 16 heavy (non-hydrogen) atoms. The van der Waals surface area contributed by atoms with Gasteiger partial charge in [-0.25, -0.2) is 0 Å². The molecule has 2 rings (SSSR count). The molecule has 1 aromatic carbocycles. The highest BCUT2D eigenvalue weighted by Crippen LogP contribution is 2.36. The minimum absolute atomic E-state index is 0.199. The number of aliphatic carboxylic acids is 1. The number of rotatable bonds is 5. The first kappa shape index (κ1) is 11.2. The van der Waals surface area contributed by atoms with Crippen molar-refractivity contribution in [3.05, 3.63) is 35.4 Å². The van der Waals surface area contributed by atoms with Crippen LogP contribution in [0.25, 0.3) is 0 Å². The van der Waals surface area contributed by atoms with Crippen molar-refractivity contribution in [2.75, 3.05) is 0 Å². The molecular formula is C14H18O2. The first-order chi connectivity index (χ1) is 7.65. The fourth-order valence-corrected chi connectivity index (χ4v) is 2.04. The van der Waals surface area contributed by atoms with Crippen molar-refractivity contribution in [3.8, 4) is 0 Å². The molecule has 0 bridgehead atoms. The lowest BCUT2D eigenvalue weighted by molar-refractivity contribution is -0.142. The van der Waals surface area contributed by atoms with Crippen LogP contribution in [0.4, 0.5) is 0 Å². The first-order valence-corrected chi connectivity index (χ1v) is 5.93. The maximum Gasteiger partial charge on any atom is 0.306 e. The van der Waals surface area contributed by atoms with E-state index in [9.17, 15) is 4.79 Å². The molecule has 0 saturated heterocycles. The van der Waals surface area contributed by atoms with Crippen LogP contribution in [0, 0.1) is 18.8 Å². The second-order valence-corrected chi connectivity index (χ2v) is 4.90. The van der Waals surface area contributed by atoms with E-state index < -0.39 is 5.97 Å². The summed E-state index contributed by atoms with van der Waals surface area (Å²) in [6.07, 6.45) is 3.96. The van der Waals surface area contributed by atoms with Crippen LogP contribution in [0.5, 0.6) is 0 Å². The predicted molar refractivity (Wildman–Crippen MR) is 63.3 cm³/mol. The Balaban J connectivity index is 1.98. The fourth-order valence-electron chi connectivity index (χ4n) is 2.04. The van der Waals surface area contributed by atoms with Crippen molar-refractivity contribution in [3.63, 3.8) is 0 Å². The summed E-state index contributed by atoms with van der Waals surface area (Å²) < 4.78 is 0. The summed E-state index contributed by atoms with van der Waals surface area (Å²) in [6, 6.07) is 8.17. The van der Waals surface area contributed by atoms with E-state index in [4.69, 9.17) is 5.11 Å². The van der Waals surface area contributed by atoms with Gasteiger partial charge in [-0.15, -0.1) is 0 Å². The summed E-state index contributed by atoms with van der Waals surface area (Å²) in [6.45, 7) is 2.04. The van der Waals surface area contributed by atoms with E-state index in [-0.39, 0.29) is 5.92 Å². The number of carboxylic acids is 1. The maximum atomic E-state index is 11.1. The normalized spacial score (nSPS) is 17.1. The summed E-state index contributed by atoms with van der Waals surface area (Å²) in [5.74, 6) is -0.172. The van der Waals surface area contributed by atoms with Crippen molar-refractivity contribution in [1.82, 2.24) is 0 Å². The van der Waals surface area contributed by atoms with Gasteiger partial charge in [-0.2, -0.15) is 0 Å². The van der Waals surface area contributed by atoms with Crippen LogP contribution in [0.3, 0.4) is 0 Å². The first-order valence-electron chi connectivity index (χ1n) is 5.93. The van der Waals surface area contributed by atoms with Crippen LogP contribution in [0.2, 0.25) is 0 Å². The lowest BCUT2D eigenvalue weighted by atomic mass is 9.94. The molecule has 1 aliphatic carbocycles. The van der Waals surface area contributed by atoms with E-state index >= 15 is 0 Å². The van der Waals surface area contributed by atoms with Gasteiger partial charge in [0.25, 0.3) is 0 Å². The van der Waals surface area contributed by atoms with E-state index in [1.807, 2.05) is 31.2 Å². The average molecular weight is 218 g/mol. The Morgan fingerprint density at radius 3 is 2.50 bits per heavy atom. The molecule has 1 fully saturated rings. The second kappa shape index (κ2) is 4.69. The molecule has 2 heteroatoms. The van der Waals surface area contributed by atoms with Gasteiger partial charge in [-0.05, 0) is 31.2 Å². The van der Waals surface area contributed by atoms with Crippen molar-refractivity contribution < 1.29 is 9.90 Å². The van der Waals surface area contributed by atoms with Crippen LogP contribution in [-0.2, 0) is 11.2 Å². The number of hydrogen-bond donors (Lipinski definition) is 1. The fraction of sp³-hybridized carbons (Fsp3) is 0.500. The van der Waals surface area contributed by atoms with Gasteiger partial charge in [-0.3, -0.25) is 4.79 Å². The van der Waals surface area contributed by atoms with Crippen LogP contribution in [0.1, 0.15) is 30.4 Å². The van der Waals surface area contributed by atoms with E-state index in [0.29, 0.717) is 12.3 Å². The van der Waals surface area contributed by atoms with E-state index in [1.54, 1.807) is 0 Å². The molecule has 0 heterocycles. The Hall–Kier alpha value is -1.31. The molecule has 86 valence electrons. The standard InChI is InChI=1S/C14H18O2/c1-10-2-4-11(5-3-10)8-13(14(15)16)9-12-6-7-12/h2-5,12-13H,6-9H2,1H3,(H,15,16). The number of aryl methyl sites for hydroxylation is 1. The van der Waals surface area contributed by atoms with Gasteiger partial charge in [-0.1, -0.05) is 42.7 Å². The molecule has 0 radical (unpaired) electrons. The molecule has 1 aliphatic rings. The third-order valence-electron chi connectivity index (χ3n) is 3.27. The summed E-state index contributed by atoms with van der Waals surface area (Å²) in [7, 11) is 0. The third-order valence-corrected chi connectivity index (χ3v) is 3.27. The van der Waals surface area contributed by atoms with E-state index in [2.05, 4.69) is 0 Å². The maximum absolute atomic E-state index is 11.1. The van der Waals surface area contributed by atoms with Gasteiger partial charge in [0.15, 0.2) is 0 Å². The van der Waals surface area contributed by atoms with Crippen molar-refractivity contribution in [2.45, 2.75) is 32.6 Å². The van der Waals surface area contributed by atoms with Crippen molar-refractivity contribution in [1.29, 1.82) is 0 Å². The minimum Gasteiger partial charge on any atom is -0.481 e. The molecule has 2 nitrogen and oxygen atoms in total. The molecule has 0 amide bonds. The van der Waals surface area contributed by atoms with Crippen LogP contribution < -0.4 is 0 Å². The largest absolute Gasteiger partial charge is 0.481 e. The van der Waals surface area contributed by atoms with Gasteiger partial charge in [0, 0.05) is 0 Å². The van der Waals surface area contributed by atoms with E-state index in [0.717, 1.165) is 12.0 Å². The highest BCUT2D eigenvalue weighted by atomic mass is 16.4. The second-order valence-electron chi connectivity index (χ2n) is 4.90. The summed E-state index contributed by atoms with van der Waals surface area (Å²) in [5, 5.41) is 9.17. The van der Waals surface area contributed by atoms with Crippen molar-refractivity contribution >= 4 is 5.97 Å². The Kier molecular flexibility index (Phi) is 3.28. The van der Waals surface area contributed by atoms with Gasteiger partial charge >= 0.3 is 5.97 Å². The zero-order valence-corrected chi connectivity index (χ0v) is 9.65. The molecule has 1 aromatic rings. The number of hydrogen-bond acceptors (Lipinski definition) is 1. The van der Waals surface area contributed by atoms with Gasteiger partial charge in [0.1, 0.15) is 0 Å². The molecule has 1 atom stereocenters. The highest BCUT2D eigenvalue weighted by molar-refractivity contribution is 5.70. The molecular weight excluding hydrogens is 200 g/mol. The van der Waals surface area contributed by atoms with Crippen LogP contribution in [0.15, 0.2) is 24.3 Å². The van der Waals surface area contributed by atoms with E-state index in [1.165, 1.54) is 18.4 Å². The lowest BCUT2D eigenvalue weighted by Gasteiger charge is -2.11. The lowest BCUT2D eigenvalue weighted by Crippen LogP contribution is -2.17. The SMILES string of the molecule is Cc1ccc(CC(CC2CC2)C(=O)O)cc1. The monoisotopic (exact) mass is 218 g/mol. The van der Waals surface area contributed by atoms with Gasteiger partial charge in [0.2, 0.25) is 0 Å². The quantitative estimate of drug-likeness (QED) is 0.824. The predicted octanol–water partition coefficient (Wildman–Crippen LogP) is 3.04. The summed E-state index contributed by atoms with van der Waals surface area (Å²) in [4.78, 5) is 11.1. The Morgan fingerprint density at radius 1 is 1.38 bits per heavy atom. The van der Waals surface area contributed by atoms with Crippen molar-refractivity contribution in [2.24, 2.45) is 11.8 Å². The van der Waals surface area contributed by atoms with Gasteiger partial charge < -0.3 is 5.11 Å². The zero-order chi connectivity index (χ0) is 11.5. The molecule has 1 saturated carbocycles. The highest BCUT2D eigenvalue weighted by Gasteiger charge is 2.29. The molecule has 0 aromatic heterocycles. The van der Waals surface area contributed by atoms with Crippen LogP contribution >= 0.6 is 0 Å². The Morgan fingerprint density at radius 2 is 2.00 bits per heavy atom. The smallest absolute Gasteiger partial charge is 0.306 e. The zero-order valence-electron chi connectivity index (χ0n) is 9.65. The topological polar surface area (TPSA) is 37.3 Å². The average Bonchev–Trinajstić information content (AvgIpc) is 3.04. The summed E-state index contributed by atoms with van der Waals surface area (Å²) in [5.41, 5.74) is 2.36. The van der Waals surface area contributed by atoms with Gasteiger partial charge in [0.05, 0.1) is 5.92 Å². The Bertz CT molecular complexity index is 363. The molecule has 0 spiro atoms. The van der Waals surface area contributed by atoms with Crippen LogP contribution in [-0.4, -0.2) is 11.1 Å². The molecule has 1 unspecified atom stereocenters. The number of benzene rings is 1. The molecule has 0 aliphatic heterocycles. The number of carbonyl (C=O) groups is 1. The summed E-state index contributed by atoms with van der Waals surface area (Å²) >= 11 is 0. The number of carboxylic acid groups (broad SMARTS) is 1. The minimum atomic E-state index is -0.646. The Labute approximate surface area is 96.3 Å². The third kappa shape index (κ3) is 3.09. The molecule has 1 N–H and O–H groups in total.